The van der Waals surface area contributed by atoms with E-state index in [1.165, 1.54) is 17.6 Å². The molecule has 0 saturated heterocycles. The zero-order valence-electron chi connectivity index (χ0n) is 14.1. The highest BCUT2D eigenvalue weighted by molar-refractivity contribution is 7.13. The Kier molecular flexibility index (Phi) is 5.77. The molecule has 0 atom stereocenters. The van der Waals surface area contributed by atoms with Gasteiger partial charge in [0.25, 0.3) is 5.91 Å². The second-order valence-corrected chi connectivity index (χ2v) is 6.52. The number of hydroxylamine groups is 1. The third-order valence-electron chi connectivity index (χ3n) is 3.74. The number of aromatic nitrogens is 1. The van der Waals surface area contributed by atoms with Gasteiger partial charge in [0.05, 0.1) is 34.4 Å². The average molecular weight is 375 g/mol. The van der Waals surface area contributed by atoms with Crippen LogP contribution in [0.25, 0.3) is 10.1 Å². The summed E-state index contributed by atoms with van der Waals surface area (Å²) in [6.07, 6.45) is 2.05. The SMILES string of the molecule is Cc1ccc(Nc2c(C(=O)NOCCCO)ccc3sncc23)c(F)c1. The number of aliphatic hydroxyl groups is 1. The van der Waals surface area contributed by atoms with Crippen LogP contribution in [0.5, 0.6) is 0 Å². The molecule has 0 saturated carbocycles. The van der Waals surface area contributed by atoms with Crippen molar-refractivity contribution in [3.8, 4) is 0 Å². The van der Waals surface area contributed by atoms with E-state index in [-0.39, 0.29) is 18.9 Å². The summed E-state index contributed by atoms with van der Waals surface area (Å²) < 4.78 is 19.3. The van der Waals surface area contributed by atoms with Crippen LogP contribution in [0.4, 0.5) is 15.8 Å². The molecule has 0 aliphatic rings. The van der Waals surface area contributed by atoms with Crippen molar-refractivity contribution in [1.82, 2.24) is 9.85 Å². The van der Waals surface area contributed by atoms with Crippen LogP contribution in [0.15, 0.2) is 36.5 Å². The first-order valence-corrected chi connectivity index (χ1v) is 8.81. The Hall–Kier alpha value is -2.55. The molecule has 0 fully saturated rings. The van der Waals surface area contributed by atoms with Gasteiger partial charge in [0.2, 0.25) is 0 Å². The van der Waals surface area contributed by atoms with Crippen molar-refractivity contribution in [1.29, 1.82) is 0 Å². The predicted molar refractivity (Wildman–Crippen MR) is 99.2 cm³/mol. The summed E-state index contributed by atoms with van der Waals surface area (Å²) in [5.74, 6) is -0.873. The van der Waals surface area contributed by atoms with E-state index < -0.39 is 11.7 Å². The Balaban J connectivity index is 1.93. The standard InChI is InChI=1S/C18H18FN3O3S/c1-11-3-5-15(14(19)9-11)21-17-12(18(24)22-25-8-2-7-23)4-6-16-13(17)10-20-26-16/h3-6,9-10,21,23H,2,7-8H2,1H3,(H,22,24). The van der Waals surface area contributed by atoms with E-state index in [9.17, 15) is 9.18 Å². The Morgan fingerprint density at radius 2 is 2.19 bits per heavy atom. The Bertz CT molecular complexity index is 929. The average Bonchev–Trinajstić information content (AvgIpc) is 3.10. The lowest BCUT2D eigenvalue weighted by Crippen LogP contribution is -2.25. The summed E-state index contributed by atoms with van der Waals surface area (Å²) >= 11 is 1.29. The zero-order valence-corrected chi connectivity index (χ0v) is 14.9. The minimum Gasteiger partial charge on any atom is -0.396 e. The van der Waals surface area contributed by atoms with E-state index in [1.807, 2.05) is 0 Å². The highest BCUT2D eigenvalue weighted by atomic mass is 32.1. The molecule has 0 aliphatic heterocycles. The van der Waals surface area contributed by atoms with Gasteiger partial charge < -0.3 is 10.4 Å². The first-order valence-electron chi connectivity index (χ1n) is 8.03. The van der Waals surface area contributed by atoms with Gasteiger partial charge in [0.1, 0.15) is 5.82 Å². The number of amides is 1. The lowest BCUT2D eigenvalue weighted by atomic mass is 10.1. The van der Waals surface area contributed by atoms with Crippen LogP contribution < -0.4 is 10.8 Å². The molecule has 0 bridgehead atoms. The summed E-state index contributed by atoms with van der Waals surface area (Å²) in [6, 6.07) is 8.26. The summed E-state index contributed by atoms with van der Waals surface area (Å²) in [4.78, 5) is 17.5. The van der Waals surface area contributed by atoms with Gasteiger partial charge in [0.15, 0.2) is 0 Å². The van der Waals surface area contributed by atoms with Crippen molar-refractivity contribution >= 4 is 38.9 Å². The molecule has 0 unspecified atom stereocenters. The molecular weight excluding hydrogens is 357 g/mol. The number of hydrogen-bond donors (Lipinski definition) is 3. The highest BCUT2D eigenvalue weighted by Crippen LogP contribution is 2.33. The maximum atomic E-state index is 14.3. The molecule has 3 N–H and O–H groups in total. The highest BCUT2D eigenvalue weighted by Gasteiger charge is 2.17. The van der Waals surface area contributed by atoms with Crippen molar-refractivity contribution in [2.75, 3.05) is 18.5 Å². The number of nitrogens with zero attached hydrogens (tertiary/aromatic N) is 1. The van der Waals surface area contributed by atoms with Crippen LogP contribution in [0, 0.1) is 12.7 Å². The fraction of sp³-hybridized carbons (Fsp3) is 0.222. The number of rotatable bonds is 7. The number of carbonyl (C=O) groups excluding carboxylic acids is 1. The first kappa shape index (κ1) is 18.2. The fourth-order valence-corrected chi connectivity index (χ4v) is 3.09. The number of halogens is 1. The maximum Gasteiger partial charge on any atom is 0.276 e. The van der Waals surface area contributed by atoms with Crippen molar-refractivity contribution in [2.24, 2.45) is 0 Å². The van der Waals surface area contributed by atoms with Crippen molar-refractivity contribution < 1.29 is 19.1 Å². The molecule has 2 aromatic carbocycles. The van der Waals surface area contributed by atoms with Gasteiger partial charge in [-0.15, -0.1) is 0 Å². The molecule has 3 rings (SSSR count). The number of benzene rings is 2. The van der Waals surface area contributed by atoms with E-state index in [0.717, 1.165) is 15.6 Å². The molecule has 6 nitrogen and oxygen atoms in total. The Morgan fingerprint density at radius 3 is 2.96 bits per heavy atom. The number of aliphatic hydroxyl groups excluding tert-OH is 1. The normalized spacial score (nSPS) is 10.9. The summed E-state index contributed by atoms with van der Waals surface area (Å²) in [5, 5.41) is 12.5. The van der Waals surface area contributed by atoms with Crippen LogP contribution in [-0.2, 0) is 4.84 Å². The topological polar surface area (TPSA) is 83.5 Å². The number of hydrogen-bond acceptors (Lipinski definition) is 6. The van der Waals surface area contributed by atoms with Gasteiger partial charge in [-0.05, 0) is 54.7 Å². The molecule has 0 spiro atoms. The minimum atomic E-state index is -0.467. The lowest BCUT2D eigenvalue weighted by molar-refractivity contribution is 0.0262. The van der Waals surface area contributed by atoms with Gasteiger partial charge >= 0.3 is 0 Å². The number of carbonyl (C=O) groups is 1. The van der Waals surface area contributed by atoms with E-state index in [2.05, 4.69) is 15.2 Å². The first-order chi connectivity index (χ1) is 12.6. The van der Waals surface area contributed by atoms with E-state index in [1.54, 1.807) is 37.4 Å². The molecule has 0 radical (unpaired) electrons. The van der Waals surface area contributed by atoms with Crippen molar-refractivity contribution in [3.63, 3.8) is 0 Å². The monoisotopic (exact) mass is 375 g/mol. The molecule has 8 heteroatoms. The summed E-state index contributed by atoms with van der Waals surface area (Å²) in [6.45, 7) is 1.97. The second kappa shape index (κ2) is 8.22. The van der Waals surface area contributed by atoms with Crippen LogP contribution in [0.3, 0.4) is 0 Å². The molecule has 1 amide bonds. The molecule has 1 heterocycles. The van der Waals surface area contributed by atoms with Crippen LogP contribution in [0.2, 0.25) is 0 Å². The number of nitrogens with one attached hydrogen (secondary N) is 2. The van der Waals surface area contributed by atoms with Gasteiger partial charge in [0, 0.05) is 12.0 Å². The minimum absolute atomic E-state index is 0.0259. The molecule has 3 aromatic rings. The third-order valence-corrected chi connectivity index (χ3v) is 4.50. The number of anilines is 2. The second-order valence-electron chi connectivity index (χ2n) is 5.69. The Morgan fingerprint density at radius 1 is 1.35 bits per heavy atom. The quantitative estimate of drug-likeness (QED) is 0.435. The van der Waals surface area contributed by atoms with Crippen LogP contribution >= 0.6 is 11.5 Å². The van der Waals surface area contributed by atoms with Crippen LogP contribution in [0.1, 0.15) is 22.3 Å². The van der Waals surface area contributed by atoms with Gasteiger partial charge in [-0.2, -0.15) is 4.37 Å². The fourth-order valence-electron chi connectivity index (χ4n) is 2.43. The van der Waals surface area contributed by atoms with Crippen molar-refractivity contribution in [2.45, 2.75) is 13.3 Å². The molecule has 0 aliphatic carbocycles. The van der Waals surface area contributed by atoms with E-state index in [0.29, 0.717) is 17.7 Å². The van der Waals surface area contributed by atoms with Crippen molar-refractivity contribution in [3.05, 3.63) is 53.5 Å². The predicted octanol–water partition coefficient (Wildman–Crippen LogP) is 3.53. The van der Waals surface area contributed by atoms with E-state index in [4.69, 9.17) is 9.94 Å². The van der Waals surface area contributed by atoms with E-state index >= 15 is 0 Å². The van der Waals surface area contributed by atoms with Gasteiger partial charge in [-0.3, -0.25) is 9.63 Å². The molecular formula is C18H18FN3O3S. The number of aryl methyl sites for hydroxylation is 1. The largest absolute Gasteiger partial charge is 0.396 e. The third kappa shape index (κ3) is 3.98. The lowest BCUT2D eigenvalue weighted by Gasteiger charge is -2.14. The molecule has 136 valence electrons. The number of fused-ring (bicyclic) bond motifs is 1. The maximum absolute atomic E-state index is 14.3. The molecule has 1 aromatic heterocycles. The summed E-state index contributed by atoms with van der Waals surface area (Å²) in [7, 11) is 0. The van der Waals surface area contributed by atoms with Gasteiger partial charge in [-0.25, -0.2) is 9.87 Å². The summed E-state index contributed by atoms with van der Waals surface area (Å²) in [5.41, 5.74) is 4.18. The van der Waals surface area contributed by atoms with Gasteiger partial charge in [-0.1, -0.05) is 6.07 Å². The van der Waals surface area contributed by atoms with Crippen LogP contribution in [-0.4, -0.2) is 28.6 Å². The smallest absolute Gasteiger partial charge is 0.276 e. The Labute approximate surface area is 153 Å². The molecule has 26 heavy (non-hydrogen) atoms. The zero-order chi connectivity index (χ0) is 18.5.